The van der Waals surface area contributed by atoms with Gasteiger partial charge in [0, 0.05) is 12.6 Å². The predicted octanol–water partition coefficient (Wildman–Crippen LogP) is 3.21. The molecule has 0 saturated heterocycles. The number of unbranched alkanes of at least 4 members (excludes halogenated alkanes) is 1. The molecule has 1 atom stereocenters. The van der Waals surface area contributed by atoms with Crippen molar-refractivity contribution in [2.75, 3.05) is 20.1 Å². The molecule has 3 heteroatoms. The zero-order valence-electron chi connectivity index (χ0n) is 12.7. The zero-order valence-corrected chi connectivity index (χ0v) is 12.7. The maximum absolute atomic E-state index is 5.95. The van der Waals surface area contributed by atoms with Gasteiger partial charge in [-0.1, -0.05) is 25.5 Å². The molecule has 0 aromatic heterocycles. The lowest BCUT2D eigenvalue weighted by molar-refractivity contribution is 0.235. The van der Waals surface area contributed by atoms with Crippen LogP contribution in [-0.4, -0.2) is 31.1 Å². The van der Waals surface area contributed by atoms with Gasteiger partial charge in [-0.3, -0.25) is 4.90 Å². The van der Waals surface area contributed by atoms with Crippen LogP contribution in [0, 0.1) is 0 Å². The number of benzene rings is 1. The fraction of sp³-hybridized carbons (Fsp3) is 0.625. The molecule has 3 nitrogen and oxygen atoms in total. The van der Waals surface area contributed by atoms with Crippen LogP contribution in [0.4, 0.5) is 0 Å². The fourth-order valence-corrected chi connectivity index (χ4v) is 2.20. The summed E-state index contributed by atoms with van der Waals surface area (Å²) in [7, 11) is 2.14. The van der Waals surface area contributed by atoms with Crippen molar-refractivity contribution in [2.45, 2.75) is 45.8 Å². The number of likely N-dealkylation sites (N-methyl/N-ethyl adjacent to an activating group) is 1. The monoisotopic (exact) mass is 264 g/mol. The first-order valence-electron chi connectivity index (χ1n) is 7.25. The summed E-state index contributed by atoms with van der Waals surface area (Å²) in [5.41, 5.74) is 7.18. The number of hydrogen-bond donors (Lipinski definition) is 1. The van der Waals surface area contributed by atoms with E-state index in [1.807, 2.05) is 26.0 Å². The second kappa shape index (κ2) is 8.18. The van der Waals surface area contributed by atoms with E-state index in [9.17, 15) is 0 Å². The number of ether oxygens (including phenoxy) is 1. The molecular weight excluding hydrogens is 236 g/mol. The van der Waals surface area contributed by atoms with Crippen molar-refractivity contribution >= 4 is 0 Å². The van der Waals surface area contributed by atoms with Crippen LogP contribution in [0.25, 0.3) is 0 Å². The van der Waals surface area contributed by atoms with E-state index < -0.39 is 0 Å². The van der Waals surface area contributed by atoms with Crippen molar-refractivity contribution in [3.05, 3.63) is 29.8 Å². The molecule has 0 aliphatic heterocycles. The molecular formula is C16H28N2O. The van der Waals surface area contributed by atoms with Gasteiger partial charge < -0.3 is 10.5 Å². The molecule has 0 saturated carbocycles. The van der Waals surface area contributed by atoms with E-state index in [1.54, 1.807) is 0 Å². The van der Waals surface area contributed by atoms with Crippen molar-refractivity contribution in [2.24, 2.45) is 5.73 Å². The summed E-state index contributed by atoms with van der Waals surface area (Å²) in [6.07, 6.45) is 2.61. The minimum Gasteiger partial charge on any atom is -0.491 e. The van der Waals surface area contributed by atoms with Gasteiger partial charge in [0.15, 0.2) is 0 Å². The molecule has 19 heavy (non-hydrogen) atoms. The minimum absolute atomic E-state index is 0.199. The standard InChI is InChI=1S/C16H28N2O/c1-5-6-10-18(4)16(12-17)14-8-7-9-15(11-14)19-13(2)3/h7-9,11,13,16H,5-6,10,12,17H2,1-4H3. The Morgan fingerprint density at radius 2 is 2.05 bits per heavy atom. The van der Waals surface area contributed by atoms with Gasteiger partial charge in [-0.05, 0) is 51.6 Å². The smallest absolute Gasteiger partial charge is 0.120 e. The van der Waals surface area contributed by atoms with E-state index in [0.717, 1.165) is 12.3 Å². The van der Waals surface area contributed by atoms with Crippen molar-refractivity contribution < 1.29 is 4.74 Å². The normalized spacial score (nSPS) is 13.0. The van der Waals surface area contributed by atoms with E-state index in [-0.39, 0.29) is 12.1 Å². The molecule has 0 bridgehead atoms. The molecule has 1 rings (SSSR count). The summed E-state index contributed by atoms with van der Waals surface area (Å²) in [4.78, 5) is 2.33. The highest BCUT2D eigenvalue weighted by atomic mass is 16.5. The van der Waals surface area contributed by atoms with E-state index in [4.69, 9.17) is 10.5 Å². The van der Waals surface area contributed by atoms with Gasteiger partial charge in [-0.2, -0.15) is 0 Å². The third-order valence-corrected chi connectivity index (χ3v) is 3.23. The summed E-state index contributed by atoms with van der Waals surface area (Å²) in [6.45, 7) is 8.00. The second-order valence-corrected chi connectivity index (χ2v) is 5.32. The van der Waals surface area contributed by atoms with Gasteiger partial charge in [0.1, 0.15) is 5.75 Å². The lowest BCUT2D eigenvalue weighted by atomic mass is 10.0. The number of nitrogens with zero attached hydrogens (tertiary/aromatic N) is 1. The number of rotatable bonds is 8. The summed E-state index contributed by atoms with van der Waals surface area (Å²) < 4.78 is 5.75. The lowest BCUT2D eigenvalue weighted by Gasteiger charge is -2.27. The molecule has 108 valence electrons. The molecule has 0 amide bonds. The van der Waals surface area contributed by atoms with Crippen molar-refractivity contribution in [3.8, 4) is 5.75 Å². The molecule has 1 unspecified atom stereocenters. The van der Waals surface area contributed by atoms with Crippen LogP contribution in [0.15, 0.2) is 24.3 Å². The van der Waals surface area contributed by atoms with Gasteiger partial charge in [0.2, 0.25) is 0 Å². The Labute approximate surface area is 117 Å². The van der Waals surface area contributed by atoms with E-state index in [1.165, 1.54) is 18.4 Å². The first kappa shape index (κ1) is 16.0. The second-order valence-electron chi connectivity index (χ2n) is 5.32. The Morgan fingerprint density at radius 1 is 1.32 bits per heavy atom. The Morgan fingerprint density at radius 3 is 2.63 bits per heavy atom. The van der Waals surface area contributed by atoms with Crippen LogP contribution >= 0.6 is 0 Å². The van der Waals surface area contributed by atoms with E-state index in [0.29, 0.717) is 6.54 Å². The van der Waals surface area contributed by atoms with Crippen molar-refractivity contribution in [1.29, 1.82) is 0 Å². The third-order valence-electron chi connectivity index (χ3n) is 3.23. The molecule has 0 heterocycles. The van der Waals surface area contributed by atoms with Gasteiger partial charge in [0.05, 0.1) is 6.10 Å². The van der Waals surface area contributed by atoms with Gasteiger partial charge >= 0.3 is 0 Å². The number of hydrogen-bond acceptors (Lipinski definition) is 3. The van der Waals surface area contributed by atoms with E-state index in [2.05, 4.69) is 31.0 Å². The van der Waals surface area contributed by atoms with E-state index >= 15 is 0 Å². The Balaban J connectivity index is 2.79. The molecule has 0 fully saturated rings. The predicted molar refractivity (Wildman–Crippen MR) is 81.5 cm³/mol. The van der Waals surface area contributed by atoms with Gasteiger partial charge in [-0.25, -0.2) is 0 Å². The highest BCUT2D eigenvalue weighted by Gasteiger charge is 2.15. The lowest BCUT2D eigenvalue weighted by Crippen LogP contribution is -2.31. The number of nitrogens with two attached hydrogens (primary N) is 1. The summed E-state index contributed by atoms with van der Waals surface area (Å²) >= 11 is 0. The maximum Gasteiger partial charge on any atom is 0.120 e. The van der Waals surface area contributed by atoms with Crippen molar-refractivity contribution in [1.82, 2.24) is 4.90 Å². The van der Waals surface area contributed by atoms with Gasteiger partial charge in [0.25, 0.3) is 0 Å². The molecule has 2 N–H and O–H groups in total. The highest BCUT2D eigenvalue weighted by Crippen LogP contribution is 2.23. The van der Waals surface area contributed by atoms with Crippen LogP contribution in [0.2, 0.25) is 0 Å². The summed E-state index contributed by atoms with van der Waals surface area (Å²) in [5, 5.41) is 0. The topological polar surface area (TPSA) is 38.5 Å². The molecule has 1 aromatic carbocycles. The first-order valence-corrected chi connectivity index (χ1v) is 7.25. The molecule has 1 aromatic rings. The maximum atomic E-state index is 5.95. The molecule has 0 aliphatic carbocycles. The SMILES string of the molecule is CCCCN(C)C(CN)c1cccc(OC(C)C)c1. The largest absolute Gasteiger partial charge is 0.491 e. The first-order chi connectivity index (χ1) is 9.08. The zero-order chi connectivity index (χ0) is 14.3. The molecule has 0 radical (unpaired) electrons. The minimum atomic E-state index is 0.199. The van der Waals surface area contributed by atoms with Crippen LogP contribution in [0.3, 0.4) is 0 Å². The van der Waals surface area contributed by atoms with Crippen molar-refractivity contribution in [3.63, 3.8) is 0 Å². The fourth-order valence-electron chi connectivity index (χ4n) is 2.20. The van der Waals surface area contributed by atoms with Crippen LogP contribution in [0.1, 0.15) is 45.2 Å². The van der Waals surface area contributed by atoms with Crippen LogP contribution < -0.4 is 10.5 Å². The average molecular weight is 264 g/mol. The Hall–Kier alpha value is -1.06. The Kier molecular flexibility index (Phi) is 6.89. The molecule has 0 aliphatic rings. The Bertz CT molecular complexity index is 366. The summed E-state index contributed by atoms with van der Waals surface area (Å²) in [5.74, 6) is 0.926. The van der Waals surface area contributed by atoms with Crippen LogP contribution in [0.5, 0.6) is 5.75 Å². The highest BCUT2D eigenvalue weighted by molar-refractivity contribution is 5.31. The molecule has 0 spiro atoms. The quantitative estimate of drug-likeness (QED) is 0.783. The average Bonchev–Trinajstić information content (AvgIpc) is 2.37. The van der Waals surface area contributed by atoms with Gasteiger partial charge in [-0.15, -0.1) is 0 Å². The summed E-state index contributed by atoms with van der Waals surface area (Å²) in [6, 6.07) is 8.56. The third kappa shape index (κ3) is 5.21. The van der Waals surface area contributed by atoms with Crippen LogP contribution in [-0.2, 0) is 0 Å².